The van der Waals surface area contributed by atoms with E-state index in [0.29, 0.717) is 6.42 Å². The molecule has 4 rings (SSSR count). The van der Waals surface area contributed by atoms with Crippen LogP contribution in [0.2, 0.25) is 10.0 Å². The number of aromatic carboxylic acids is 1. The summed E-state index contributed by atoms with van der Waals surface area (Å²) in [5, 5.41) is 24.6. The minimum absolute atomic E-state index is 0.0125. The Bertz CT molecular complexity index is 1590. The van der Waals surface area contributed by atoms with E-state index in [1.807, 2.05) is 20.8 Å². The number of carbonyl (C=O) groups excluding carboxylic acids is 1. The Balaban J connectivity index is 1.98. The molecular weight excluding hydrogens is 599 g/mol. The molecule has 0 bridgehead atoms. The van der Waals surface area contributed by atoms with Gasteiger partial charge in [-0.25, -0.2) is 13.6 Å². The van der Waals surface area contributed by atoms with Crippen LogP contribution in [0.5, 0.6) is 5.75 Å². The average molecular weight is 633 g/mol. The Morgan fingerprint density at radius 3 is 2.40 bits per heavy atom. The van der Waals surface area contributed by atoms with Gasteiger partial charge < -0.3 is 25.9 Å². The van der Waals surface area contributed by atoms with Crippen molar-refractivity contribution >= 4 is 46.5 Å². The highest BCUT2D eigenvalue weighted by Crippen LogP contribution is 2.54. The number of carboxylic acid groups (broad SMARTS) is 1. The van der Waals surface area contributed by atoms with E-state index in [1.165, 1.54) is 56.5 Å². The summed E-state index contributed by atoms with van der Waals surface area (Å²) >= 11 is 12.4. The van der Waals surface area contributed by atoms with Crippen molar-refractivity contribution in [1.29, 1.82) is 5.41 Å². The predicted octanol–water partition coefficient (Wildman–Crippen LogP) is 7.45. The summed E-state index contributed by atoms with van der Waals surface area (Å²) in [7, 11) is 1.33. The molecule has 0 aromatic heterocycles. The monoisotopic (exact) mass is 631 g/mol. The SMILES string of the molecule is COc1cc(C(=O)O)ccc1NC(=O)[C@@H]1N[C@@H](CC(C)(C)C)[C@](C(C)=N)(c2ccc(Cl)cc2F)[C@H]1c1cccc(Cl)c1F. The van der Waals surface area contributed by atoms with Gasteiger partial charge in [-0.3, -0.25) is 4.79 Å². The Morgan fingerprint density at radius 1 is 1.12 bits per heavy atom. The summed E-state index contributed by atoms with van der Waals surface area (Å²) in [5.41, 5.74) is -1.64. The number of hydrogen-bond acceptors (Lipinski definition) is 5. The zero-order valence-electron chi connectivity index (χ0n) is 24.3. The molecule has 7 nitrogen and oxygen atoms in total. The van der Waals surface area contributed by atoms with Crippen LogP contribution >= 0.6 is 23.2 Å². The van der Waals surface area contributed by atoms with Crippen molar-refractivity contribution in [3.63, 3.8) is 0 Å². The summed E-state index contributed by atoms with van der Waals surface area (Å²) in [5.74, 6) is -4.32. The molecule has 3 aromatic rings. The van der Waals surface area contributed by atoms with Gasteiger partial charge in [-0.2, -0.15) is 0 Å². The number of amides is 1. The van der Waals surface area contributed by atoms with Crippen LogP contribution in [-0.4, -0.2) is 41.9 Å². The summed E-state index contributed by atoms with van der Waals surface area (Å²) in [6.07, 6.45) is 0.379. The van der Waals surface area contributed by atoms with E-state index in [1.54, 1.807) is 6.07 Å². The molecule has 1 fully saturated rings. The van der Waals surface area contributed by atoms with E-state index in [4.69, 9.17) is 33.3 Å². The van der Waals surface area contributed by atoms with Gasteiger partial charge >= 0.3 is 5.97 Å². The third kappa shape index (κ3) is 6.12. The molecule has 3 aromatic carbocycles. The normalized spacial score (nSPS) is 21.8. The Morgan fingerprint density at radius 2 is 1.81 bits per heavy atom. The van der Waals surface area contributed by atoms with Crippen LogP contribution in [0.25, 0.3) is 0 Å². The van der Waals surface area contributed by atoms with Gasteiger partial charge in [0.15, 0.2) is 0 Å². The average Bonchev–Trinajstić information content (AvgIpc) is 3.24. The van der Waals surface area contributed by atoms with Crippen LogP contribution in [0.1, 0.15) is 61.5 Å². The third-order valence-corrected chi connectivity index (χ3v) is 8.40. The number of methoxy groups -OCH3 is 1. The lowest BCUT2D eigenvalue weighted by atomic mass is 9.59. The quantitative estimate of drug-likeness (QED) is 0.193. The number of carbonyl (C=O) groups is 2. The number of hydrogen-bond donors (Lipinski definition) is 4. The highest BCUT2D eigenvalue weighted by molar-refractivity contribution is 6.31. The van der Waals surface area contributed by atoms with Gasteiger partial charge in [0.25, 0.3) is 0 Å². The summed E-state index contributed by atoms with van der Waals surface area (Å²) in [4.78, 5) is 25.7. The molecule has 0 radical (unpaired) electrons. The Labute approximate surface area is 259 Å². The van der Waals surface area contributed by atoms with Crippen LogP contribution < -0.4 is 15.4 Å². The Kier molecular flexibility index (Phi) is 9.21. The van der Waals surface area contributed by atoms with Crippen molar-refractivity contribution in [1.82, 2.24) is 5.32 Å². The standard InChI is InChI=1S/C32H33Cl2F2N3O4/c1-16(37)32(20-11-10-18(33)14-22(20)35)25(15-31(2,3)4)39-28(26(32)19-7-6-8-21(34)27(19)36)29(40)38-23-12-9-17(30(41)42)13-24(23)43-5/h6-14,25-26,28,37,39H,15H2,1-5H3,(H,38,40)(H,41,42)/t25-,26-,28+,32-/m0/s1. The number of rotatable bonds is 8. The first kappa shape index (κ1) is 32.4. The molecule has 1 aliphatic heterocycles. The topological polar surface area (TPSA) is 112 Å². The molecule has 0 saturated carbocycles. The fraction of sp³-hybridized carbons (Fsp3) is 0.344. The van der Waals surface area contributed by atoms with Gasteiger partial charge in [0, 0.05) is 28.3 Å². The van der Waals surface area contributed by atoms with Gasteiger partial charge in [-0.05, 0) is 60.7 Å². The molecule has 0 aliphatic carbocycles. The number of anilines is 1. The maximum Gasteiger partial charge on any atom is 0.335 e. The van der Waals surface area contributed by atoms with E-state index in [0.717, 1.165) is 6.07 Å². The van der Waals surface area contributed by atoms with E-state index in [9.17, 15) is 14.7 Å². The maximum absolute atomic E-state index is 16.0. The molecule has 43 heavy (non-hydrogen) atoms. The van der Waals surface area contributed by atoms with E-state index >= 15 is 8.78 Å². The van der Waals surface area contributed by atoms with Crippen LogP contribution in [0.3, 0.4) is 0 Å². The van der Waals surface area contributed by atoms with Crippen LogP contribution in [-0.2, 0) is 10.2 Å². The molecule has 1 aliphatic rings. The van der Waals surface area contributed by atoms with Crippen LogP contribution in [0, 0.1) is 22.5 Å². The van der Waals surface area contributed by atoms with E-state index in [2.05, 4.69) is 10.6 Å². The highest BCUT2D eigenvalue weighted by Gasteiger charge is 2.61. The van der Waals surface area contributed by atoms with E-state index in [-0.39, 0.29) is 49.3 Å². The zero-order valence-corrected chi connectivity index (χ0v) is 25.8. The predicted molar refractivity (Wildman–Crippen MR) is 164 cm³/mol. The second-order valence-electron chi connectivity index (χ2n) is 11.9. The summed E-state index contributed by atoms with van der Waals surface area (Å²) in [6, 6.07) is 10.6. The minimum atomic E-state index is -1.55. The lowest BCUT2D eigenvalue weighted by Crippen LogP contribution is -2.50. The Hall–Kier alpha value is -3.53. The smallest absolute Gasteiger partial charge is 0.335 e. The van der Waals surface area contributed by atoms with Crippen LogP contribution in [0.15, 0.2) is 54.6 Å². The van der Waals surface area contributed by atoms with Gasteiger partial charge in [-0.15, -0.1) is 0 Å². The maximum atomic E-state index is 16.0. The second kappa shape index (κ2) is 12.2. The first-order valence-electron chi connectivity index (χ1n) is 13.5. The van der Waals surface area contributed by atoms with Gasteiger partial charge in [0.2, 0.25) is 5.91 Å². The number of nitrogens with one attached hydrogen (secondary N) is 3. The van der Waals surface area contributed by atoms with Crippen molar-refractivity contribution in [2.75, 3.05) is 12.4 Å². The molecule has 1 saturated heterocycles. The molecule has 0 unspecified atom stereocenters. The third-order valence-electron chi connectivity index (χ3n) is 7.87. The first-order valence-corrected chi connectivity index (χ1v) is 14.3. The number of ether oxygens (including phenoxy) is 1. The second-order valence-corrected chi connectivity index (χ2v) is 12.8. The zero-order chi connectivity index (χ0) is 31.9. The highest BCUT2D eigenvalue weighted by atomic mass is 35.5. The van der Waals surface area contributed by atoms with Crippen molar-refractivity contribution in [3.05, 3.63) is 93.0 Å². The molecule has 228 valence electrons. The molecule has 1 heterocycles. The number of benzene rings is 3. The van der Waals surface area contributed by atoms with Crippen molar-refractivity contribution in [3.8, 4) is 5.75 Å². The largest absolute Gasteiger partial charge is 0.495 e. The minimum Gasteiger partial charge on any atom is -0.495 e. The summed E-state index contributed by atoms with van der Waals surface area (Å²) < 4.78 is 37.3. The lowest BCUT2D eigenvalue weighted by molar-refractivity contribution is -0.118. The number of carboxylic acids is 1. The van der Waals surface area contributed by atoms with Crippen LogP contribution in [0.4, 0.5) is 14.5 Å². The molecule has 4 atom stereocenters. The van der Waals surface area contributed by atoms with Gasteiger partial charge in [0.05, 0.1) is 34.8 Å². The van der Waals surface area contributed by atoms with Gasteiger partial charge in [-0.1, -0.05) is 62.2 Å². The number of halogens is 4. The van der Waals surface area contributed by atoms with Gasteiger partial charge in [0.1, 0.15) is 17.4 Å². The van der Waals surface area contributed by atoms with E-state index < -0.39 is 46.9 Å². The molecule has 11 heteroatoms. The molecular formula is C32H33Cl2F2N3O4. The first-order chi connectivity index (χ1) is 20.1. The molecule has 1 amide bonds. The fourth-order valence-electron chi connectivity index (χ4n) is 6.18. The molecule has 0 spiro atoms. The summed E-state index contributed by atoms with van der Waals surface area (Å²) in [6.45, 7) is 7.46. The van der Waals surface area contributed by atoms with Crippen molar-refractivity contribution in [2.45, 2.75) is 57.5 Å². The van der Waals surface area contributed by atoms with Crippen molar-refractivity contribution < 1.29 is 28.2 Å². The molecule has 4 N–H and O–H groups in total. The lowest BCUT2D eigenvalue weighted by Gasteiger charge is -2.42. The fourth-order valence-corrected chi connectivity index (χ4v) is 6.52. The van der Waals surface area contributed by atoms with Crippen molar-refractivity contribution in [2.24, 2.45) is 5.41 Å².